The van der Waals surface area contributed by atoms with Gasteiger partial charge in [-0.1, -0.05) is 0 Å². The van der Waals surface area contributed by atoms with Crippen molar-refractivity contribution < 1.29 is 17.9 Å². The van der Waals surface area contributed by atoms with E-state index < -0.39 is 24.4 Å². The molecule has 0 amide bonds. The monoisotopic (exact) mass is 267 g/mol. The first-order chi connectivity index (χ1) is 7.73. The molecule has 2 nitrogen and oxygen atoms in total. The standard InChI is InChI=1S/C11H16F3NOS/c1-6-4-5-17-10(6)9(7(2)15)16-8(3)11(12,13)14/h4-5,7-9H,15H2,1-3H3. The Morgan fingerprint density at radius 2 is 1.94 bits per heavy atom. The zero-order valence-corrected chi connectivity index (χ0v) is 10.7. The van der Waals surface area contributed by atoms with E-state index in [2.05, 4.69) is 0 Å². The van der Waals surface area contributed by atoms with Crippen LogP contribution < -0.4 is 5.73 Å². The lowest BCUT2D eigenvalue weighted by Gasteiger charge is -2.26. The molecule has 98 valence electrons. The maximum Gasteiger partial charge on any atom is 0.414 e. The van der Waals surface area contributed by atoms with E-state index in [1.54, 1.807) is 6.92 Å². The van der Waals surface area contributed by atoms with Crippen LogP contribution in [0.3, 0.4) is 0 Å². The maximum absolute atomic E-state index is 12.5. The summed E-state index contributed by atoms with van der Waals surface area (Å²) in [5.74, 6) is 0. The van der Waals surface area contributed by atoms with Gasteiger partial charge in [0.1, 0.15) is 6.10 Å². The summed E-state index contributed by atoms with van der Waals surface area (Å²) in [6.07, 6.45) is -6.90. The average Bonchev–Trinajstić information content (AvgIpc) is 2.58. The van der Waals surface area contributed by atoms with E-state index in [1.807, 2.05) is 18.4 Å². The molecule has 2 N–H and O–H groups in total. The van der Waals surface area contributed by atoms with Crippen LogP contribution in [0.2, 0.25) is 0 Å². The molecule has 0 bridgehead atoms. The van der Waals surface area contributed by atoms with Crippen molar-refractivity contribution in [3.8, 4) is 0 Å². The molecule has 3 unspecified atom stereocenters. The van der Waals surface area contributed by atoms with Crippen LogP contribution in [0.15, 0.2) is 11.4 Å². The summed E-state index contributed by atoms with van der Waals surface area (Å²) >= 11 is 1.37. The second-order valence-corrected chi connectivity index (χ2v) is 5.02. The van der Waals surface area contributed by atoms with Gasteiger partial charge in [-0.25, -0.2) is 0 Å². The van der Waals surface area contributed by atoms with E-state index >= 15 is 0 Å². The molecule has 3 atom stereocenters. The molecule has 0 aliphatic heterocycles. The van der Waals surface area contributed by atoms with E-state index in [0.717, 1.165) is 17.4 Å². The minimum absolute atomic E-state index is 0.489. The average molecular weight is 267 g/mol. The van der Waals surface area contributed by atoms with Gasteiger partial charge in [0, 0.05) is 10.9 Å². The number of hydrogen-bond acceptors (Lipinski definition) is 3. The fourth-order valence-electron chi connectivity index (χ4n) is 1.40. The van der Waals surface area contributed by atoms with Gasteiger partial charge in [-0.15, -0.1) is 11.3 Å². The third-order valence-electron chi connectivity index (χ3n) is 2.45. The van der Waals surface area contributed by atoms with Gasteiger partial charge in [0.2, 0.25) is 0 Å². The Kier molecular flexibility index (Phi) is 4.57. The van der Waals surface area contributed by atoms with Crippen molar-refractivity contribution in [2.24, 2.45) is 5.73 Å². The van der Waals surface area contributed by atoms with Crippen molar-refractivity contribution in [3.05, 3.63) is 21.9 Å². The van der Waals surface area contributed by atoms with E-state index in [0.29, 0.717) is 0 Å². The molecule has 0 aliphatic carbocycles. The van der Waals surface area contributed by atoms with Gasteiger partial charge in [-0.3, -0.25) is 0 Å². The molecule has 0 spiro atoms. The van der Waals surface area contributed by atoms with E-state index in [4.69, 9.17) is 10.5 Å². The van der Waals surface area contributed by atoms with Crippen LogP contribution >= 0.6 is 11.3 Å². The van der Waals surface area contributed by atoms with Crippen molar-refractivity contribution in [2.45, 2.75) is 45.2 Å². The predicted molar refractivity (Wildman–Crippen MR) is 62.0 cm³/mol. The normalized spacial score (nSPS) is 17.8. The van der Waals surface area contributed by atoms with Gasteiger partial charge >= 0.3 is 6.18 Å². The largest absolute Gasteiger partial charge is 0.414 e. The number of hydrogen-bond donors (Lipinski definition) is 1. The Bertz CT molecular complexity index is 362. The summed E-state index contributed by atoms with van der Waals surface area (Å²) in [6.45, 7) is 4.48. The Morgan fingerprint density at radius 3 is 2.29 bits per heavy atom. The van der Waals surface area contributed by atoms with Gasteiger partial charge in [0.05, 0.1) is 0 Å². The zero-order chi connectivity index (χ0) is 13.2. The Labute approximate surface area is 103 Å². The Balaban J connectivity index is 2.86. The first kappa shape index (κ1) is 14.5. The number of aryl methyl sites for hydroxylation is 1. The van der Waals surface area contributed by atoms with Crippen LogP contribution in [0.5, 0.6) is 0 Å². The summed E-state index contributed by atoms with van der Waals surface area (Å²) in [7, 11) is 0. The van der Waals surface area contributed by atoms with Gasteiger partial charge in [0.25, 0.3) is 0 Å². The number of rotatable bonds is 4. The highest BCUT2D eigenvalue weighted by atomic mass is 32.1. The lowest BCUT2D eigenvalue weighted by molar-refractivity contribution is -0.229. The molecule has 1 rings (SSSR count). The zero-order valence-electron chi connectivity index (χ0n) is 9.91. The molecular weight excluding hydrogens is 251 g/mol. The van der Waals surface area contributed by atoms with Crippen LogP contribution in [-0.2, 0) is 4.74 Å². The van der Waals surface area contributed by atoms with Crippen molar-refractivity contribution in [3.63, 3.8) is 0 Å². The van der Waals surface area contributed by atoms with E-state index in [1.165, 1.54) is 11.3 Å². The summed E-state index contributed by atoms with van der Waals surface area (Å²) in [6, 6.07) is 1.36. The second-order valence-electron chi connectivity index (χ2n) is 4.07. The van der Waals surface area contributed by atoms with Crippen LogP contribution in [-0.4, -0.2) is 18.3 Å². The molecule has 0 aliphatic rings. The molecule has 1 heterocycles. The fourth-order valence-corrected chi connectivity index (χ4v) is 2.47. The molecule has 1 aromatic rings. The third kappa shape index (κ3) is 3.69. The van der Waals surface area contributed by atoms with Crippen LogP contribution in [0, 0.1) is 6.92 Å². The number of nitrogens with two attached hydrogens (primary N) is 1. The fraction of sp³-hybridized carbons (Fsp3) is 0.636. The van der Waals surface area contributed by atoms with Crippen molar-refractivity contribution in [1.82, 2.24) is 0 Å². The van der Waals surface area contributed by atoms with Crippen molar-refractivity contribution in [1.29, 1.82) is 0 Å². The number of ether oxygens (including phenoxy) is 1. The highest BCUT2D eigenvalue weighted by molar-refractivity contribution is 7.10. The van der Waals surface area contributed by atoms with Gasteiger partial charge < -0.3 is 10.5 Å². The van der Waals surface area contributed by atoms with Crippen molar-refractivity contribution >= 4 is 11.3 Å². The summed E-state index contributed by atoms with van der Waals surface area (Å²) in [5.41, 5.74) is 6.61. The number of halogens is 3. The van der Waals surface area contributed by atoms with Crippen LogP contribution in [0.1, 0.15) is 30.4 Å². The molecular formula is C11H16F3NOS. The smallest absolute Gasteiger partial charge is 0.359 e. The maximum atomic E-state index is 12.5. The molecule has 6 heteroatoms. The van der Waals surface area contributed by atoms with Crippen molar-refractivity contribution in [2.75, 3.05) is 0 Å². The molecule has 1 aromatic heterocycles. The molecule has 0 aromatic carbocycles. The second kappa shape index (κ2) is 5.37. The highest BCUT2D eigenvalue weighted by Crippen LogP contribution is 2.33. The van der Waals surface area contributed by atoms with Gasteiger partial charge in [0.15, 0.2) is 6.10 Å². The molecule has 0 radical (unpaired) electrons. The summed E-state index contributed by atoms with van der Waals surface area (Å²) < 4.78 is 42.4. The van der Waals surface area contributed by atoms with Crippen LogP contribution in [0.25, 0.3) is 0 Å². The molecule has 0 fully saturated rings. The first-order valence-electron chi connectivity index (χ1n) is 5.25. The summed E-state index contributed by atoms with van der Waals surface area (Å²) in [5, 5.41) is 1.82. The molecule has 0 saturated heterocycles. The minimum atomic E-state index is -4.36. The number of thiophene rings is 1. The van der Waals surface area contributed by atoms with E-state index in [-0.39, 0.29) is 0 Å². The van der Waals surface area contributed by atoms with E-state index in [9.17, 15) is 13.2 Å². The number of alkyl halides is 3. The third-order valence-corrected chi connectivity index (χ3v) is 3.53. The lowest BCUT2D eigenvalue weighted by Crippen LogP contribution is -2.35. The first-order valence-corrected chi connectivity index (χ1v) is 6.13. The highest BCUT2D eigenvalue weighted by Gasteiger charge is 2.39. The summed E-state index contributed by atoms with van der Waals surface area (Å²) in [4.78, 5) is 0.760. The SMILES string of the molecule is Cc1ccsc1C(OC(C)C(F)(F)F)C(C)N. The Morgan fingerprint density at radius 1 is 1.35 bits per heavy atom. The molecule has 17 heavy (non-hydrogen) atoms. The molecule has 0 saturated carbocycles. The lowest BCUT2D eigenvalue weighted by atomic mass is 10.1. The predicted octanol–water partition coefficient (Wildman–Crippen LogP) is 3.41. The van der Waals surface area contributed by atoms with Crippen LogP contribution in [0.4, 0.5) is 13.2 Å². The van der Waals surface area contributed by atoms with Gasteiger partial charge in [-0.05, 0) is 37.8 Å². The van der Waals surface area contributed by atoms with Gasteiger partial charge in [-0.2, -0.15) is 13.2 Å². The topological polar surface area (TPSA) is 35.2 Å². The Hall–Kier alpha value is -0.590. The minimum Gasteiger partial charge on any atom is -0.359 e. The quantitative estimate of drug-likeness (QED) is 0.907.